The Bertz CT molecular complexity index is 328. The van der Waals surface area contributed by atoms with Gasteiger partial charge in [-0.25, -0.2) is 9.97 Å². The van der Waals surface area contributed by atoms with Crippen LogP contribution in [-0.4, -0.2) is 41.5 Å². The van der Waals surface area contributed by atoms with Gasteiger partial charge in [-0.05, 0) is 44.5 Å². The number of piperidine rings is 1. The summed E-state index contributed by atoms with van der Waals surface area (Å²) in [5.74, 6) is 1.46. The summed E-state index contributed by atoms with van der Waals surface area (Å²) < 4.78 is 0. The molecular weight excluding hydrogens is 236 g/mol. The number of hydrogen-bond donors (Lipinski definition) is 1. The third kappa shape index (κ3) is 3.91. The van der Waals surface area contributed by atoms with E-state index in [4.69, 9.17) is 5.73 Å². The molecule has 1 unspecified atom stereocenters. The molecule has 5 heteroatoms. The summed E-state index contributed by atoms with van der Waals surface area (Å²) in [4.78, 5) is 11.1. The molecular formula is C12H21ClN4. The second kappa shape index (κ2) is 6.89. The Morgan fingerprint density at radius 3 is 2.71 bits per heavy atom. The van der Waals surface area contributed by atoms with Crippen molar-refractivity contribution < 1.29 is 0 Å². The zero-order chi connectivity index (χ0) is 11.4. The average molecular weight is 257 g/mol. The number of aromatic nitrogens is 2. The van der Waals surface area contributed by atoms with E-state index in [1.807, 2.05) is 12.4 Å². The summed E-state index contributed by atoms with van der Waals surface area (Å²) in [7, 11) is 2.18. The highest BCUT2D eigenvalue weighted by atomic mass is 35.5. The van der Waals surface area contributed by atoms with Crippen LogP contribution in [0.15, 0.2) is 12.4 Å². The van der Waals surface area contributed by atoms with Gasteiger partial charge in [0.1, 0.15) is 5.82 Å². The number of nitrogens with two attached hydrogens (primary N) is 1. The summed E-state index contributed by atoms with van der Waals surface area (Å²) in [5.41, 5.74) is 6.74. The third-order valence-electron chi connectivity index (χ3n) is 3.19. The molecule has 2 N–H and O–H groups in total. The van der Waals surface area contributed by atoms with E-state index in [9.17, 15) is 0 Å². The first kappa shape index (κ1) is 14.4. The Labute approximate surface area is 109 Å². The lowest BCUT2D eigenvalue weighted by Gasteiger charge is -2.29. The number of nitrogens with zero attached hydrogens (tertiary/aromatic N) is 3. The predicted molar refractivity (Wildman–Crippen MR) is 71.5 cm³/mol. The number of likely N-dealkylation sites (tertiary alicyclic amines) is 1. The molecule has 1 atom stereocenters. The van der Waals surface area contributed by atoms with Gasteiger partial charge in [-0.3, -0.25) is 0 Å². The summed E-state index contributed by atoms with van der Waals surface area (Å²) in [6.45, 7) is 2.95. The topological polar surface area (TPSA) is 55.0 Å². The largest absolute Gasteiger partial charge is 0.330 e. The molecule has 1 aromatic heterocycles. The number of rotatable bonds is 3. The minimum atomic E-state index is 0. The molecule has 1 saturated heterocycles. The van der Waals surface area contributed by atoms with Crippen molar-refractivity contribution in [2.45, 2.75) is 25.2 Å². The molecule has 0 radical (unpaired) electrons. The van der Waals surface area contributed by atoms with Crippen molar-refractivity contribution in [1.29, 1.82) is 0 Å². The highest BCUT2D eigenvalue weighted by molar-refractivity contribution is 5.85. The predicted octanol–water partition coefficient (Wildman–Crippen LogP) is 1.21. The fraction of sp³-hybridized carbons (Fsp3) is 0.667. The van der Waals surface area contributed by atoms with Gasteiger partial charge in [0.15, 0.2) is 0 Å². The first-order valence-corrected chi connectivity index (χ1v) is 5.99. The lowest BCUT2D eigenvalue weighted by molar-refractivity contribution is 0.250. The first-order valence-electron chi connectivity index (χ1n) is 5.99. The van der Waals surface area contributed by atoms with E-state index < -0.39 is 0 Å². The van der Waals surface area contributed by atoms with E-state index in [0.717, 1.165) is 18.8 Å². The van der Waals surface area contributed by atoms with Crippen molar-refractivity contribution in [2.24, 2.45) is 5.73 Å². The van der Waals surface area contributed by atoms with Crippen LogP contribution in [0, 0.1) is 0 Å². The minimum Gasteiger partial charge on any atom is -0.330 e. The number of halogens is 1. The van der Waals surface area contributed by atoms with Crippen LogP contribution in [0.3, 0.4) is 0 Å². The van der Waals surface area contributed by atoms with Gasteiger partial charge in [0.05, 0.1) is 0 Å². The normalized spacial score (nSPS) is 20.9. The van der Waals surface area contributed by atoms with Crippen molar-refractivity contribution in [1.82, 2.24) is 14.9 Å². The monoisotopic (exact) mass is 256 g/mol. The molecule has 17 heavy (non-hydrogen) atoms. The van der Waals surface area contributed by atoms with E-state index in [-0.39, 0.29) is 12.4 Å². The van der Waals surface area contributed by atoms with Crippen molar-refractivity contribution >= 4 is 12.4 Å². The van der Waals surface area contributed by atoms with Crippen LogP contribution in [-0.2, 0) is 6.42 Å². The molecule has 96 valence electrons. The Balaban J connectivity index is 0.00000144. The number of hydrogen-bond acceptors (Lipinski definition) is 4. The maximum Gasteiger partial charge on any atom is 0.129 e. The van der Waals surface area contributed by atoms with Gasteiger partial charge in [0.2, 0.25) is 0 Å². The van der Waals surface area contributed by atoms with Gasteiger partial charge in [0, 0.05) is 25.4 Å². The highest BCUT2D eigenvalue weighted by Gasteiger charge is 2.19. The number of likely N-dealkylation sites (N-methyl/N-ethyl adjacent to an activating group) is 1. The summed E-state index contributed by atoms with van der Waals surface area (Å²) in [5, 5.41) is 0. The lowest BCUT2D eigenvalue weighted by Crippen LogP contribution is -2.30. The Morgan fingerprint density at radius 2 is 2.12 bits per heavy atom. The maximum absolute atomic E-state index is 5.47. The SMILES string of the molecule is CN1CCCC(c2cnc(CCN)nc2)C1.Cl. The Morgan fingerprint density at radius 1 is 1.41 bits per heavy atom. The van der Waals surface area contributed by atoms with Crippen LogP contribution in [0.5, 0.6) is 0 Å². The molecule has 0 aromatic carbocycles. The average Bonchev–Trinajstić information content (AvgIpc) is 2.30. The van der Waals surface area contributed by atoms with Crippen LogP contribution in [0.25, 0.3) is 0 Å². The molecule has 0 aliphatic carbocycles. The third-order valence-corrected chi connectivity index (χ3v) is 3.19. The maximum atomic E-state index is 5.47. The van der Waals surface area contributed by atoms with Crippen LogP contribution in [0.1, 0.15) is 30.1 Å². The molecule has 4 nitrogen and oxygen atoms in total. The standard InChI is InChI=1S/C12H20N4.ClH/c1-16-6-2-3-10(9-16)11-7-14-12(4-5-13)15-8-11;/h7-8,10H,2-6,9,13H2,1H3;1H. The summed E-state index contributed by atoms with van der Waals surface area (Å²) in [6, 6.07) is 0. The second-order valence-corrected chi connectivity index (χ2v) is 4.57. The quantitative estimate of drug-likeness (QED) is 0.883. The van der Waals surface area contributed by atoms with Crippen LogP contribution >= 0.6 is 12.4 Å². The van der Waals surface area contributed by atoms with Crippen LogP contribution in [0.2, 0.25) is 0 Å². The minimum absolute atomic E-state index is 0. The van der Waals surface area contributed by atoms with E-state index >= 15 is 0 Å². The van der Waals surface area contributed by atoms with Gasteiger partial charge >= 0.3 is 0 Å². The molecule has 0 bridgehead atoms. The molecule has 0 amide bonds. The van der Waals surface area contributed by atoms with Gasteiger partial charge in [-0.1, -0.05) is 0 Å². The molecule has 0 spiro atoms. The Hall–Kier alpha value is -0.710. The zero-order valence-electron chi connectivity index (χ0n) is 10.3. The van der Waals surface area contributed by atoms with E-state index in [0.29, 0.717) is 12.5 Å². The van der Waals surface area contributed by atoms with Crippen LogP contribution in [0.4, 0.5) is 0 Å². The fourth-order valence-electron chi connectivity index (χ4n) is 2.27. The fourth-order valence-corrected chi connectivity index (χ4v) is 2.27. The molecule has 2 heterocycles. The van der Waals surface area contributed by atoms with Crippen molar-refractivity contribution in [3.8, 4) is 0 Å². The summed E-state index contributed by atoms with van der Waals surface area (Å²) in [6.07, 6.45) is 7.24. The lowest BCUT2D eigenvalue weighted by atomic mass is 9.93. The van der Waals surface area contributed by atoms with E-state index in [1.54, 1.807) is 0 Å². The van der Waals surface area contributed by atoms with Crippen molar-refractivity contribution in [2.75, 3.05) is 26.7 Å². The van der Waals surface area contributed by atoms with E-state index in [1.165, 1.54) is 24.9 Å². The summed E-state index contributed by atoms with van der Waals surface area (Å²) >= 11 is 0. The second-order valence-electron chi connectivity index (χ2n) is 4.57. The van der Waals surface area contributed by atoms with Crippen molar-refractivity contribution in [3.63, 3.8) is 0 Å². The zero-order valence-corrected chi connectivity index (χ0v) is 11.1. The molecule has 2 rings (SSSR count). The molecule has 1 fully saturated rings. The van der Waals surface area contributed by atoms with Crippen LogP contribution < -0.4 is 5.73 Å². The highest BCUT2D eigenvalue weighted by Crippen LogP contribution is 2.24. The first-order chi connectivity index (χ1) is 7.79. The van der Waals surface area contributed by atoms with Gasteiger partial charge in [0.25, 0.3) is 0 Å². The van der Waals surface area contributed by atoms with Crippen molar-refractivity contribution in [3.05, 3.63) is 23.8 Å². The van der Waals surface area contributed by atoms with Gasteiger partial charge < -0.3 is 10.6 Å². The van der Waals surface area contributed by atoms with E-state index in [2.05, 4.69) is 21.9 Å². The molecule has 0 saturated carbocycles. The molecule has 1 aliphatic rings. The molecule has 1 aliphatic heterocycles. The Kier molecular flexibility index (Phi) is 5.82. The molecule has 1 aromatic rings. The van der Waals surface area contributed by atoms with Gasteiger partial charge in [-0.2, -0.15) is 0 Å². The van der Waals surface area contributed by atoms with Gasteiger partial charge in [-0.15, -0.1) is 12.4 Å². The smallest absolute Gasteiger partial charge is 0.129 e.